The Morgan fingerprint density at radius 1 is 1.50 bits per heavy atom. The molecule has 0 aromatic heterocycles. The second kappa shape index (κ2) is 3.23. The number of amides is 2. The largest absolute Gasteiger partial charge is 0.466 e. The molecule has 0 fully saturated rings. The molecule has 1 aromatic rings. The summed E-state index contributed by atoms with van der Waals surface area (Å²) < 4.78 is 5.39. The quantitative estimate of drug-likeness (QED) is 0.679. The molecule has 16 heavy (non-hydrogen) atoms. The minimum Gasteiger partial charge on any atom is -0.466 e. The smallest absolute Gasteiger partial charge is 0.278 e. The highest BCUT2D eigenvalue weighted by Crippen LogP contribution is 2.35. The number of rotatable bonds is 1. The Morgan fingerprint density at radius 2 is 2.19 bits per heavy atom. The second-order valence-corrected chi connectivity index (χ2v) is 3.90. The highest BCUT2D eigenvalue weighted by molar-refractivity contribution is 6.15. The van der Waals surface area contributed by atoms with Crippen molar-refractivity contribution in [3.8, 4) is 5.75 Å². The number of hydrogen-bond donors (Lipinski definition) is 2. The fourth-order valence-corrected chi connectivity index (χ4v) is 1.55. The highest BCUT2D eigenvalue weighted by atomic mass is 16.5. The summed E-state index contributed by atoms with van der Waals surface area (Å²) in [5.41, 5.74) is 4.99. The molecule has 3 N–H and O–H groups in total. The molecule has 1 atom stereocenters. The van der Waals surface area contributed by atoms with E-state index >= 15 is 0 Å². The molecular weight excluding hydrogens is 208 g/mol. The molecule has 1 aliphatic heterocycles. The normalized spacial score (nSPS) is 23.0. The van der Waals surface area contributed by atoms with Crippen molar-refractivity contribution in [1.82, 2.24) is 0 Å². The predicted octanol–water partition coefficient (Wildman–Crippen LogP) is 0.570. The standard InChI is InChI=1S/C11H12N2O3/c1-6-4-3-5-7-8(6)13-10(15)11(2,16-7)9(12)14/h3-5H,1-2H3,(H2,12,14)(H,13,15)/t11-/m0/s1. The molecule has 1 heterocycles. The molecule has 1 aromatic carbocycles. The summed E-state index contributed by atoms with van der Waals surface area (Å²) in [7, 11) is 0. The number of aryl methyl sites for hydroxylation is 1. The lowest BCUT2D eigenvalue weighted by Crippen LogP contribution is -2.57. The van der Waals surface area contributed by atoms with Crippen LogP contribution in [0.1, 0.15) is 12.5 Å². The number of anilines is 1. The van der Waals surface area contributed by atoms with Crippen LogP contribution in [0, 0.1) is 6.92 Å². The van der Waals surface area contributed by atoms with Gasteiger partial charge in [0.2, 0.25) is 0 Å². The van der Waals surface area contributed by atoms with Crippen LogP contribution in [0.4, 0.5) is 5.69 Å². The van der Waals surface area contributed by atoms with Crippen molar-refractivity contribution in [3.05, 3.63) is 23.8 Å². The van der Waals surface area contributed by atoms with Gasteiger partial charge < -0.3 is 15.8 Å². The third-order valence-electron chi connectivity index (χ3n) is 2.69. The van der Waals surface area contributed by atoms with Gasteiger partial charge in [0, 0.05) is 0 Å². The number of nitrogens with two attached hydrogens (primary N) is 1. The van der Waals surface area contributed by atoms with Crippen LogP contribution in [-0.2, 0) is 9.59 Å². The van der Waals surface area contributed by atoms with E-state index in [4.69, 9.17) is 10.5 Å². The van der Waals surface area contributed by atoms with Crippen molar-refractivity contribution in [2.45, 2.75) is 19.4 Å². The lowest BCUT2D eigenvalue weighted by Gasteiger charge is -2.32. The van der Waals surface area contributed by atoms with Crippen LogP contribution < -0.4 is 15.8 Å². The van der Waals surface area contributed by atoms with Crippen LogP contribution in [0.15, 0.2) is 18.2 Å². The van der Waals surface area contributed by atoms with Gasteiger partial charge in [0.05, 0.1) is 5.69 Å². The van der Waals surface area contributed by atoms with Gasteiger partial charge in [0.15, 0.2) is 0 Å². The van der Waals surface area contributed by atoms with E-state index in [9.17, 15) is 9.59 Å². The zero-order valence-corrected chi connectivity index (χ0v) is 9.03. The number of primary amides is 1. The second-order valence-electron chi connectivity index (χ2n) is 3.90. The number of carbonyl (C=O) groups is 2. The molecule has 1 aliphatic rings. The molecule has 0 saturated carbocycles. The first-order valence-electron chi connectivity index (χ1n) is 4.85. The minimum absolute atomic E-state index is 0.459. The summed E-state index contributed by atoms with van der Waals surface area (Å²) in [6.07, 6.45) is 0. The SMILES string of the molecule is Cc1cccc2c1NC(=O)[C@](C)(C(N)=O)O2. The molecule has 84 valence electrons. The van der Waals surface area contributed by atoms with Gasteiger partial charge in [0.25, 0.3) is 17.4 Å². The minimum atomic E-state index is -1.64. The fraction of sp³-hybridized carbons (Fsp3) is 0.273. The van der Waals surface area contributed by atoms with Gasteiger partial charge in [-0.05, 0) is 25.5 Å². The number of hydrogen-bond acceptors (Lipinski definition) is 3. The van der Waals surface area contributed by atoms with Gasteiger partial charge in [-0.15, -0.1) is 0 Å². The Bertz CT molecular complexity index is 484. The summed E-state index contributed by atoms with van der Waals surface area (Å²) in [5.74, 6) is -0.889. The summed E-state index contributed by atoms with van der Waals surface area (Å²) in [4.78, 5) is 23.0. The van der Waals surface area contributed by atoms with Crippen LogP contribution >= 0.6 is 0 Å². The molecule has 0 spiro atoms. The monoisotopic (exact) mass is 220 g/mol. The van der Waals surface area contributed by atoms with E-state index in [1.54, 1.807) is 12.1 Å². The van der Waals surface area contributed by atoms with Gasteiger partial charge >= 0.3 is 0 Å². The molecule has 0 bridgehead atoms. The first-order chi connectivity index (χ1) is 7.45. The summed E-state index contributed by atoms with van der Waals surface area (Å²) in [5, 5.41) is 2.64. The highest BCUT2D eigenvalue weighted by Gasteiger charge is 2.46. The zero-order valence-electron chi connectivity index (χ0n) is 9.03. The summed E-state index contributed by atoms with van der Waals surface area (Å²) >= 11 is 0. The molecule has 2 rings (SSSR count). The number of fused-ring (bicyclic) bond motifs is 1. The van der Waals surface area contributed by atoms with Gasteiger partial charge in [0.1, 0.15) is 5.75 Å². The molecule has 0 radical (unpaired) electrons. The van der Waals surface area contributed by atoms with Crippen LogP contribution in [-0.4, -0.2) is 17.4 Å². The van der Waals surface area contributed by atoms with Crippen LogP contribution in [0.3, 0.4) is 0 Å². The van der Waals surface area contributed by atoms with Gasteiger partial charge in [-0.2, -0.15) is 0 Å². The van der Waals surface area contributed by atoms with Crippen LogP contribution in [0.25, 0.3) is 0 Å². The third kappa shape index (κ3) is 1.32. The zero-order chi connectivity index (χ0) is 11.9. The van der Waals surface area contributed by atoms with Crippen molar-refractivity contribution in [2.75, 3.05) is 5.32 Å². The molecule has 0 unspecified atom stereocenters. The van der Waals surface area contributed by atoms with Crippen molar-refractivity contribution in [3.63, 3.8) is 0 Å². The Hall–Kier alpha value is -2.04. The lowest BCUT2D eigenvalue weighted by molar-refractivity contribution is -0.144. The van der Waals surface area contributed by atoms with Gasteiger partial charge in [-0.3, -0.25) is 9.59 Å². The Balaban J connectivity index is 2.51. The topological polar surface area (TPSA) is 81.4 Å². The number of nitrogens with one attached hydrogen (secondary N) is 1. The average Bonchev–Trinajstić information content (AvgIpc) is 2.21. The Morgan fingerprint density at radius 3 is 2.81 bits per heavy atom. The molecular formula is C11H12N2O3. The molecule has 2 amide bonds. The Kier molecular flexibility index (Phi) is 2.11. The number of para-hydroxylation sites is 1. The first-order valence-corrected chi connectivity index (χ1v) is 4.85. The van der Waals surface area contributed by atoms with Crippen LogP contribution in [0.2, 0.25) is 0 Å². The predicted molar refractivity (Wildman–Crippen MR) is 58.0 cm³/mol. The summed E-state index contributed by atoms with van der Waals surface area (Å²) in [6, 6.07) is 5.31. The number of ether oxygens (including phenoxy) is 1. The lowest BCUT2D eigenvalue weighted by atomic mass is 10.0. The number of benzene rings is 1. The van der Waals surface area contributed by atoms with Crippen molar-refractivity contribution in [2.24, 2.45) is 5.73 Å². The maximum Gasteiger partial charge on any atom is 0.278 e. The van der Waals surface area contributed by atoms with E-state index in [2.05, 4.69) is 5.32 Å². The molecule has 5 nitrogen and oxygen atoms in total. The maximum atomic E-state index is 11.7. The van der Waals surface area contributed by atoms with Gasteiger partial charge in [-0.25, -0.2) is 0 Å². The van der Waals surface area contributed by atoms with E-state index in [1.807, 2.05) is 13.0 Å². The van der Waals surface area contributed by atoms with Gasteiger partial charge in [-0.1, -0.05) is 12.1 Å². The third-order valence-corrected chi connectivity index (χ3v) is 2.69. The van der Waals surface area contributed by atoms with Crippen molar-refractivity contribution < 1.29 is 14.3 Å². The summed E-state index contributed by atoms with van der Waals surface area (Å²) in [6.45, 7) is 3.20. The van der Waals surface area contributed by atoms with E-state index in [0.717, 1.165) is 5.56 Å². The average molecular weight is 220 g/mol. The fourth-order valence-electron chi connectivity index (χ4n) is 1.55. The van der Waals surface area contributed by atoms with Crippen LogP contribution in [0.5, 0.6) is 5.75 Å². The van der Waals surface area contributed by atoms with E-state index < -0.39 is 17.4 Å². The number of carbonyl (C=O) groups excluding carboxylic acids is 2. The molecule has 0 aliphatic carbocycles. The van der Waals surface area contributed by atoms with Crippen molar-refractivity contribution >= 4 is 17.5 Å². The molecule has 5 heteroatoms. The van der Waals surface area contributed by atoms with E-state index in [-0.39, 0.29) is 0 Å². The maximum absolute atomic E-state index is 11.7. The van der Waals surface area contributed by atoms with E-state index in [1.165, 1.54) is 6.92 Å². The van der Waals surface area contributed by atoms with E-state index in [0.29, 0.717) is 11.4 Å². The Labute approximate surface area is 92.6 Å². The first kappa shape index (κ1) is 10.5. The van der Waals surface area contributed by atoms with Crippen molar-refractivity contribution in [1.29, 1.82) is 0 Å². The molecule has 0 saturated heterocycles.